The highest BCUT2D eigenvalue weighted by atomic mass is 16.5. The molecule has 1 heterocycles. The van der Waals surface area contributed by atoms with Gasteiger partial charge in [0.2, 0.25) is 5.95 Å². The first-order valence-electron chi connectivity index (χ1n) is 9.49. The molecule has 0 aliphatic heterocycles. The molecule has 4 aromatic rings. The van der Waals surface area contributed by atoms with Crippen LogP contribution < -0.4 is 15.7 Å². The summed E-state index contributed by atoms with van der Waals surface area (Å²) in [5.41, 5.74) is 5.97. The molecule has 0 radical (unpaired) electrons. The summed E-state index contributed by atoms with van der Waals surface area (Å²) in [6.07, 6.45) is 1.65. The van der Waals surface area contributed by atoms with E-state index in [0.717, 1.165) is 22.4 Å². The van der Waals surface area contributed by atoms with Crippen molar-refractivity contribution in [1.82, 2.24) is 9.97 Å². The fourth-order valence-electron chi connectivity index (χ4n) is 2.83. The third-order valence-electron chi connectivity index (χ3n) is 4.32. The molecular weight excluding hydrogens is 376 g/mol. The van der Waals surface area contributed by atoms with Gasteiger partial charge in [-0.3, -0.25) is 9.78 Å². The third kappa shape index (κ3) is 5.20. The minimum Gasteiger partial charge on any atom is -0.489 e. The Kier molecular flexibility index (Phi) is 5.96. The van der Waals surface area contributed by atoms with Crippen LogP contribution in [-0.4, -0.2) is 16.2 Å². The van der Waals surface area contributed by atoms with Crippen LogP contribution in [0.1, 0.15) is 11.1 Å². The quantitative estimate of drug-likeness (QED) is 0.357. The first-order valence-corrected chi connectivity index (χ1v) is 9.49. The molecule has 0 saturated carbocycles. The SMILES string of the molecule is O=c1cc(-c2ccccc2)nc(N/N=C/c2ccc(OCc3ccccc3)cc2)[nH]1. The van der Waals surface area contributed by atoms with Gasteiger partial charge in [0.25, 0.3) is 5.56 Å². The number of aromatic nitrogens is 2. The molecule has 1 aromatic heterocycles. The van der Waals surface area contributed by atoms with Crippen molar-refractivity contribution in [3.05, 3.63) is 112 Å². The smallest absolute Gasteiger partial charge is 0.252 e. The molecule has 0 bridgehead atoms. The van der Waals surface area contributed by atoms with Crippen LogP contribution in [-0.2, 0) is 6.61 Å². The average molecular weight is 396 g/mol. The summed E-state index contributed by atoms with van der Waals surface area (Å²) in [6.45, 7) is 0.520. The van der Waals surface area contributed by atoms with Crippen LogP contribution in [0, 0.1) is 0 Å². The topological polar surface area (TPSA) is 79.4 Å². The van der Waals surface area contributed by atoms with Crippen molar-refractivity contribution < 1.29 is 4.74 Å². The molecule has 0 aliphatic rings. The second-order valence-electron chi connectivity index (χ2n) is 6.56. The van der Waals surface area contributed by atoms with Crippen molar-refractivity contribution in [1.29, 1.82) is 0 Å². The fraction of sp³-hybridized carbons (Fsp3) is 0.0417. The Labute approximate surface area is 173 Å². The molecule has 0 aliphatic carbocycles. The number of aromatic amines is 1. The highest BCUT2D eigenvalue weighted by Gasteiger charge is 2.03. The van der Waals surface area contributed by atoms with E-state index in [2.05, 4.69) is 20.5 Å². The highest BCUT2D eigenvalue weighted by molar-refractivity contribution is 5.80. The van der Waals surface area contributed by atoms with E-state index >= 15 is 0 Å². The normalized spacial score (nSPS) is 10.8. The molecule has 4 rings (SSSR count). The summed E-state index contributed by atoms with van der Waals surface area (Å²) in [5, 5.41) is 4.16. The Balaban J connectivity index is 1.37. The van der Waals surface area contributed by atoms with Crippen LogP contribution in [0.2, 0.25) is 0 Å². The van der Waals surface area contributed by atoms with Crippen LogP contribution in [0.4, 0.5) is 5.95 Å². The maximum absolute atomic E-state index is 11.9. The van der Waals surface area contributed by atoms with Gasteiger partial charge in [-0.25, -0.2) is 10.4 Å². The lowest BCUT2D eigenvalue weighted by Crippen LogP contribution is -2.10. The summed E-state index contributed by atoms with van der Waals surface area (Å²) in [6, 6.07) is 28.6. The Bertz CT molecular complexity index is 1170. The number of anilines is 1. The van der Waals surface area contributed by atoms with Gasteiger partial charge in [-0.05, 0) is 35.4 Å². The predicted octanol–water partition coefficient (Wildman–Crippen LogP) is 4.46. The lowest BCUT2D eigenvalue weighted by Gasteiger charge is -2.06. The van der Waals surface area contributed by atoms with E-state index in [1.165, 1.54) is 6.07 Å². The van der Waals surface area contributed by atoms with Crippen LogP contribution in [0.15, 0.2) is 101 Å². The zero-order chi connectivity index (χ0) is 20.6. The number of nitrogens with zero attached hydrogens (tertiary/aromatic N) is 2. The van der Waals surface area contributed by atoms with E-state index < -0.39 is 0 Å². The number of hydrogen-bond acceptors (Lipinski definition) is 5. The first kappa shape index (κ1) is 19.1. The minimum atomic E-state index is -0.249. The van der Waals surface area contributed by atoms with Crippen LogP contribution in [0.25, 0.3) is 11.3 Å². The van der Waals surface area contributed by atoms with E-state index in [1.54, 1.807) is 6.21 Å². The molecule has 0 unspecified atom stereocenters. The first-order chi connectivity index (χ1) is 14.8. The average Bonchev–Trinajstić information content (AvgIpc) is 2.79. The molecule has 0 atom stereocenters. The molecule has 0 amide bonds. The molecule has 0 saturated heterocycles. The van der Waals surface area contributed by atoms with E-state index in [9.17, 15) is 4.79 Å². The van der Waals surface area contributed by atoms with Gasteiger partial charge >= 0.3 is 0 Å². The van der Waals surface area contributed by atoms with Gasteiger partial charge in [0.15, 0.2) is 0 Å². The summed E-state index contributed by atoms with van der Waals surface area (Å²) in [5.74, 6) is 1.06. The van der Waals surface area contributed by atoms with Crippen LogP contribution >= 0.6 is 0 Å². The van der Waals surface area contributed by atoms with Gasteiger partial charge in [0.05, 0.1) is 11.9 Å². The number of benzene rings is 3. The van der Waals surface area contributed by atoms with Crippen molar-refractivity contribution in [3.63, 3.8) is 0 Å². The van der Waals surface area contributed by atoms with Gasteiger partial charge in [0.1, 0.15) is 12.4 Å². The minimum absolute atomic E-state index is 0.249. The second kappa shape index (κ2) is 9.34. The molecular formula is C24H20N4O2. The van der Waals surface area contributed by atoms with E-state index in [-0.39, 0.29) is 11.5 Å². The number of ether oxygens (including phenoxy) is 1. The van der Waals surface area contributed by atoms with E-state index in [0.29, 0.717) is 12.3 Å². The second-order valence-corrected chi connectivity index (χ2v) is 6.56. The van der Waals surface area contributed by atoms with Gasteiger partial charge in [-0.15, -0.1) is 0 Å². The zero-order valence-electron chi connectivity index (χ0n) is 16.2. The van der Waals surface area contributed by atoms with E-state index in [4.69, 9.17) is 4.74 Å². The lowest BCUT2D eigenvalue weighted by atomic mass is 10.1. The van der Waals surface area contributed by atoms with E-state index in [1.807, 2.05) is 84.9 Å². The van der Waals surface area contributed by atoms with Crippen molar-refractivity contribution in [2.75, 3.05) is 5.43 Å². The molecule has 30 heavy (non-hydrogen) atoms. The summed E-state index contributed by atoms with van der Waals surface area (Å²) in [4.78, 5) is 19.0. The molecule has 3 aromatic carbocycles. The number of rotatable bonds is 7. The Hall–Kier alpha value is -4.19. The molecule has 0 spiro atoms. The number of hydrogen-bond donors (Lipinski definition) is 2. The Morgan fingerprint density at radius 2 is 1.63 bits per heavy atom. The predicted molar refractivity (Wildman–Crippen MR) is 119 cm³/mol. The van der Waals surface area contributed by atoms with Crippen molar-refractivity contribution in [2.45, 2.75) is 6.61 Å². The lowest BCUT2D eigenvalue weighted by molar-refractivity contribution is 0.306. The maximum Gasteiger partial charge on any atom is 0.252 e. The number of hydrazone groups is 1. The standard InChI is InChI=1S/C24H20N4O2/c29-23-15-22(20-9-5-2-6-10-20)26-24(27-23)28-25-16-18-11-13-21(14-12-18)30-17-19-7-3-1-4-8-19/h1-16H,17H2,(H2,26,27,28,29)/b25-16+. The molecule has 0 fully saturated rings. The monoisotopic (exact) mass is 396 g/mol. The molecule has 148 valence electrons. The van der Waals surface area contributed by atoms with Crippen LogP contribution in [0.5, 0.6) is 5.75 Å². The van der Waals surface area contributed by atoms with Gasteiger partial charge < -0.3 is 4.74 Å². The fourth-order valence-corrected chi connectivity index (χ4v) is 2.83. The third-order valence-corrected chi connectivity index (χ3v) is 4.32. The van der Waals surface area contributed by atoms with Crippen molar-refractivity contribution >= 4 is 12.2 Å². The Morgan fingerprint density at radius 3 is 2.37 bits per heavy atom. The van der Waals surface area contributed by atoms with Gasteiger partial charge in [-0.2, -0.15) is 5.10 Å². The van der Waals surface area contributed by atoms with Gasteiger partial charge in [-0.1, -0.05) is 60.7 Å². The number of nitrogens with one attached hydrogen (secondary N) is 2. The number of H-pyrrole nitrogens is 1. The van der Waals surface area contributed by atoms with Crippen molar-refractivity contribution in [2.24, 2.45) is 5.10 Å². The largest absolute Gasteiger partial charge is 0.489 e. The maximum atomic E-state index is 11.9. The summed E-state index contributed by atoms with van der Waals surface area (Å²) in [7, 11) is 0. The molecule has 6 heteroatoms. The highest BCUT2D eigenvalue weighted by Crippen LogP contribution is 2.16. The van der Waals surface area contributed by atoms with Crippen molar-refractivity contribution in [3.8, 4) is 17.0 Å². The molecule has 6 nitrogen and oxygen atoms in total. The Morgan fingerprint density at radius 1 is 0.933 bits per heavy atom. The van der Waals surface area contributed by atoms with Crippen LogP contribution in [0.3, 0.4) is 0 Å². The summed E-state index contributed by atoms with van der Waals surface area (Å²) < 4.78 is 5.78. The summed E-state index contributed by atoms with van der Waals surface area (Å²) >= 11 is 0. The molecule has 2 N–H and O–H groups in total. The zero-order valence-corrected chi connectivity index (χ0v) is 16.2. The van der Waals surface area contributed by atoms with Gasteiger partial charge in [0, 0.05) is 11.6 Å².